The van der Waals surface area contributed by atoms with Crippen molar-refractivity contribution in [1.82, 2.24) is 14.8 Å². The Kier molecular flexibility index (Phi) is 2.72. The van der Waals surface area contributed by atoms with Crippen LogP contribution in [0.3, 0.4) is 0 Å². The van der Waals surface area contributed by atoms with E-state index >= 15 is 0 Å². The molecule has 0 spiro atoms. The van der Waals surface area contributed by atoms with Gasteiger partial charge in [0.25, 0.3) is 0 Å². The summed E-state index contributed by atoms with van der Waals surface area (Å²) >= 11 is 0. The van der Waals surface area contributed by atoms with Crippen LogP contribution < -0.4 is 11.5 Å². The third-order valence-corrected chi connectivity index (χ3v) is 3.22. The van der Waals surface area contributed by atoms with Gasteiger partial charge in [0.15, 0.2) is 5.58 Å². The van der Waals surface area contributed by atoms with Gasteiger partial charge in [0.1, 0.15) is 0 Å². The Balaban J connectivity index is 2.17. The van der Waals surface area contributed by atoms with Gasteiger partial charge < -0.3 is 10.2 Å². The van der Waals surface area contributed by atoms with E-state index in [-0.39, 0.29) is 5.76 Å². The summed E-state index contributed by atoms with van der Waals surface area (Å²) in [5.74, 6) is -0.360. The van der Waals surface area contributed by atoms with Crippen molar-refractivity contribution in [2.75, 3.05) is 6.54 Å². The van der Waals surface area contributed by atoms with Gasteiger partial charge >= 0.3 is 5.76 Å². The van der Waals surface area contributed by atoms with Crippen LogP contribution in [0.1, 0.15) is 5.69 Å². The van der Waals surface area contributed by atoms with Crippen LogP contribution in [0, 0.1) is 0 Å². The monoisotopic (exact) mass is 258 g/mol. The lowest BCUT2D eigenvalue weighted by Crippen LogP contribution is -2.08. The molecule has 0 aliphatic rings. The smallest absolute Gasteiger partial charge is 0.408 e. The molecular formula is C13H14N4O2. The summed E-state index contributed by atoms with van der Waals surface area (Å²) in [6.45, 7) is 0.557. The van der Waals surface area contributed by atoms with Crippen molar-refractivity contribution < 1.29 is 4.42 Å². The summed E-state index contributed by atoms with van der Waals surface area (Å²) in [5.41, 5.74) is 9.91. The molecule has 19 heavy (non-hydrogen) atoms. The largest absolute Gasteiger partial charge is 0.419 e. The van der Waals surface area contributed by atoms with Crippen LogP contribution in [0.25, 0.3) is 22.2 Å². The summed E-state index contributed by atoms with van der Waals surface area (Å²) in [7, 11) is 1.69. The zero-order valence-corrected chi connectivity index (χ0v) is 10.5. The first kappa shape index (κ1) is 11.7. The summed E-state index contributed by atoms with van der Waals surface area (Å²) < 4.78 is 6.60. The highest BCUT2D eigenvalue weighted by atomic mass is 16.4. The fourth-order valence-electron chi connectivity index (χ4n) is 2.19. The third kappa shape index (κ3) is 1.86. The van der Waals surface area contributed by atoms with E-state index in [2.05, 4.69) is 10.2 Å². The van der Waals surface area contributed by atoms with Gasteiger partial charge in [0.2, 0.25) is 0 Å². The van der Waals surface area contributed by atoms with Crippen molar-refractivity contribution >= 4 is 11.1 Å². The number of rotatable bonds is 3. The van der Waals surface area contributed by atoms with Crippen LogP contribution in [-0.4, -0.2) is 21.3 Å². The zero-order valence-electron chi connectivity index (χ0n) is 10.5. The van der Waals surface area contributed by atoms with Gasteiger partial charge in [-0.3, -0.25) is 9.67 Å². The molecule has 0 aliphatic carbocycles. The highest BCUT2D eigenvalue weighted by Crippen LogP contribution is 2.25. The Labute approximate surface area is 108 Å². The summed E-state index contributed by atoms with van der Waals surface area (Å²) in [4.78, 5) is 11.5. The average molecular weight is 258 g/mol. The van der Waals surface area contributed by atoms with Gasteiger partial charge in [-0.05, 0) is 24.2 Å². The number of nitrogens with zero attached hydrogens (tertiary/aromatic N) is 2. The first-order chi connectivity index (χ1) is 9.20. The molecule has 0 saturated heterocycles. The number of hydrogen-bond donors (Lipinski definition) is 2. The van der Waals surface area contributed by atoms with E-state index in [1.54, 1.807) is 19.3 Å². The molecule has 0 radical (unpaired) electrons. The Hall–Kier alpha value is -2.34. The van der Waals surface area contributed by atoms with Gasteiger partial charge in [0, 0.05) is 24.7 Å². The summed E-state index contributed by atoms with van der Waals surface area (Å²) in [6.07, 6.45) is 2.50. The van der Waals surface area contributed by atoms with Gasteiger partial charge in [-0.15, -0.1) is 0 Å². The van der Waals surface area contributed by atoms with Gasteiger partial charge in [-0.25, -0.2) is 4.79 Å². The molecule has 1 aromatic carbocycles. The second-order valence-corrected chi connectivity index (χ2v) is 4.41. The van der Waals surface area contributed by atoms with E-state index in [0.717, 1.165) is 28.8 Å². The molecule has 0 fully saturated rings. The molecule has 3 aromatic rings. The zero-order chi connectivity index (χ0) is 13.4. The minimum atomic E-state index is -0.360. The van der Waals surface area contributed by atoms with Crippen molar-refractivity contribution in [3.8, 4) is 11.1 Å². The molecule has 0 amide bonds. The number of hydrogen-bond acceptors (Lipinski definition) is 4. The minimum absolute atomic E-state index is 0.360. The molecule has 6 nitrogen and oxygen atoms in total. The van der Waals surface area contributed by atoms with Crippen LogP contribution in [0.2, 0.25) is 0 Å². The topological polar surface area (TPSA) is 89.8 Å². The average Bonchev–Trinajstić information content (AvgIpc) is 2.96. The molecule has 0 saturated carbocycles. The first-order valence-corrected chi connectivity index (χ1v) is 6.03. The van der Waals surface area contributed by atoms with Gasteiger partial charge in [-0.1, -0.05) is 6.07 Å². The number of nitrogens with one attached hydrogen (secondary N) is 1. The van der Waals surface area contributed by atoms with E-state index < -0.39 is 0 Å². The van der Waals surface area contributed by atoms with Crippen LogP contribution in [0.15, 0.2) is 33.6 Å². The number of nitrogens with two attached hydrogens (primary N) is 1. The fraction of sp³-hybridized carbons (Fsp3) is 0.231. The molecule has 6 heteroatoms. The number of fused-ring (bicyclic) bond motifs is 1. The fourth-order valence-corrected chi connectivity index (χ4v) is 2.19. The van der Waals surface area contributed by atoms with E-state index in [1.165, 1.54) is 4.57 Å². The maximum Gasteiger partial charge on any atom is 0.419 e. The molecule has 3 N–H and O–H groups in total. The molecule has 98 valence electrons. The SMILES string of the molecule is Cn1c(=O)oc2ccc(-c3cn[nH]c3CCN)cc21. The van der Waals surface area contributed by atoms with Crippen LogP contribution in [0.5, 0.6) is 0 Å². The predicted octanol–water partition coefficient (Wildman–Crippen LogP) is 1.02. The Morgan fingerprint density at radius 2 is 2.32 bits per heavy atom. The lowest BCUT2D eigenvalue weighted by Gasteiger charge is -2.02. The number of oxazole rings is 1. The highest BCUT2D eigenvalue weighted by Gasteiger charge is 2.11. The molecule has 3 rings (SSSR count). The minimum Gasteiger partial charge on any atom is -0.408 e. The van der Waals surface area contributed by atoms with E-state index in [4.69, 9.17) is 10.2 Å². The second kappa shape index (κ2) is 4.40. The van der Waals surface area contributed by atoms with Gasteiger partial charge in [0.05, 0.1) is 11.7 Å². The van der Waals surface area contributed by atoms with E-state index in [1.807, 2.05) is 12.1 Å². The first-order valence-electron chi connectivity index (χ1n) is 6.03. The Bertz CT molecular complexity index is 781. The number of benzene rings is 1. The maximum absolute atomic E-state index is 11.5. The van der Waals surface area contributed by atoms with Crippen molar-refractivity contribution in [2.24, 2.45) is 12.8 Å². The quantitative estimate of drug-likeness (QED) is 0.734. The molecular weight excluding hydrogens is 244 g/mol. The van der Waals surface area contributed by atoms with Crippen LogP contribution >= 0.6 is 0 Å². The number of aromatic nitrogens is 3. The highest BCUT2D eigenvalue weighted by molar-refractivity contribution is 5.81. The number of aryl methyl sites for hydroxylation is 1. The second-order valence-electron chi connectivity index (χ2n) is 4.41. The summed E-state index contributed by atoms with van der Waals surface area (Å²) in [5, 5.41) is 7.00. The lowest BCUT2D eigenvalue weighted by molar-refractivity contribution is 0.528. The molecule has 0 atom stereocenters. The van der Waals surface area contributed by atoms with Gasteiger partial charge in [-0.2, -0.15) is 5.10 Å². The maximum atomic E-state index is 11.5. The van der Waals surface area contributed by atoms with Crippen LogP contribution in [0.4, 0.5) is 0 Å². The molecule has 0 unspecified atom stereocenters. The Morgan fingerprint density at radius 3 is 3.11 bits per heavy atom. The predicted molar refractivity (Wildman–Crippen MR) is 71.8 cm³/mol. The summed E-state index contributed by atoms with van der Waals surface area (Å²) in [6, 6.07) is 5.63. The van der Waals surface area contributed by atoms with Crippen molar-refractivity contribution in [2.45, 2.75) is 6.42 Å². The molecule has 0 aliphatic heterocycles. The third-order valence-electron chi connectivity index (χ3n) is 3.22. The normalized spacial score (nSPS) is 11.3. The molecule has 2 heterocycles. The number of aromatic amines is 1. The molecule has 2 aromatic heterocycles. The van der Waals surface area contributed by atoms with Crippen LogP contribution in [-0.2, 0) is 13.5 Å². The Morgan fingerprint density at radius 1 is 1.47 bits per heavy atom. The van der Waals surface area contributed by atoms with E-state index in [0.29, 0.717) is 12.1 Å². The lowest BCUT2D eigenvalue weighted by atomic mass is 10.0. The van der Waals surface area contributed by atoms with Crippen molar-refractivity contribution in [1.29, 1.82) is 0 Å². The van der Waals surface area contributed by atoms with Crippen molar-refractivity contribution in [3.63, 3.8) is 0 Å². The standard InChI is InChI=1S/C13H14N4O2/c1-17-11-6-8(2-3-12(11)19-13(17)18)9-7-15-16-10(9)4-5-14/h2-3,6-7H,4-5,14H2,1H3,(H,15,16). The van der Waals surface area contributed by atoms with E-state index in [9.17, 15) is 4.79 Å². The number of H-pyrrole nitrogens is 1. The van der Waals surface area contributed by atoms with Crippen molar-refractivity contribution in [3.05, 3.63) is 40.6 Å². The molecule has 0 bridgehead atoms.